The number of aliphatic hydroxyl groups is 1. The van der Waals surface area contributed by atoms with Crippen LogP contribution >= 0.6 is 11.6 Å². The summed E-state index contributed by atoms with van der Waals surface area (Å²) in [5.74, 6) is -1.28. The third-order valence-electron chi connectivity index (χ3n) is 3.23. The molecule has 0 atom stereocenters. The molecule has 110 valence electrons. The van der Waals surface area contributed by atoms with Crippen molar-refractivity contribution in [3.63, 3.8) is 0 Å². The maximum absolute atomic E-state index is 12.4. The molecule has 0 spiro atoms. The number of carboxylic acid groups (broad SMARTS) is 1. The number of benzene rings is 1. The zero-order valence-electron chi connectivity index (χ0n) is 10.5. The summed E-state index contributed by atoms with van der Waals surface area (Å²) in [6.45, 7) is 0.434. The minimum Gasteiger partial charge on any atom is -0.478 e. The lowest BCUT2D eigenvalue weighted by Gasteiger charge is -2.28. The Morgan fingerprint density at radius 1 is 1.30 bits per heavy atom. The summed E-state index contributed by atoms with van der Waals surface area (Å²) in [6, 6.07) is 3.61. The van der Waals surface area contributed by atoms with E-state index in [1.165, 1.54) is 16.4 Å². The molecule has 6 nitrogen and oxygen atoms in total. The molecule has 0 radical (unpaired) electrons. The topological polar surface area (TPSA) is 94.9 Å². The molecule has 1 aliphatic heterocycles. The molecule has 8 heteroatoms. The Labute approximate surface area is 121 Å². The van der Waals surface area contributed by atoms with Crippen molar-refractivity contribution >= 4 is 27.6 Å². The first-order valence-corrected chi connectivity index (χ1v) is 7.85. The van der Waals surface area contributed by atoms with Gasteiger partial charge in [-0.3, -0.25) is 0 Å². The van der Waals surface area contributed by atoms with E-state index in [9.17, 15) is 18.3 Å². The number of rotatable bonds is 3. The second-order valence-corrected chi connectivity index (χ2v) is 6.93. The van der Waals surface area contributed by atoms with Crippen LogP contribution in [-0.2, 0) is 10.0 Å². The van der Waals surface area contributed by atoms with Gasteiger partial charge in [0.2, 0.25) is 10.0 Å². The molecule has 20 heavy (non-hydrogen) atoms. The van der Waals surface area contributed by atoms with Gasteiger partial charge >= 0.3 is 5.97 Å². The quantitative estimate of drug-likeness (QED) is 0.872. The number of nitrogens with zero attached hydrogens (tertiary/aromatic N) is 1. The highest BCUT2D eigenvalue weighted by molar-refractivity contribution is 7.89. The SMILES string of the molecule is O=C(O)c1cc(S(=O)(=O)N2CCC(O)CC2)ccc1Cl. The molecular formula is C12H14ClNO5S. The van der Waals surface area contributed by atoms with Gasteiger partial charge in [0.05, 0.1) is 21.6 Å². The van der Waals surface area contributed by atoms with Gasteiger partial charge < -0.3 is 10.2 Å². The summed E-state index contributed by atoms with van der Waals surface area (Å²) < 4.78 is 26.0. The van der Waals surface area contributed by atoms with Crippen molar-refractivity contribution in [2.75, 3.05) is 13.1 Å². The van der Waals surface area contributed by atoms with Gasteiger partial charge in [-0.25, -0.2) is 13.2 Å². The van der Waals surface area contributed by atoms with Gasteiger partial charge in [-0.05, 0) is 31.0 Å². The maximum atomic E-state index is 12.4. The van der Waals surface area contributed by atoms with E-state index in [4.69, 9.17) is 16.7 Å². The van der Waals surface area contributed by atoms with Crippen LogP contribution in [0.25, 0.3) is 0 Å². The molecule has 0 bridgehead atoms. The molecule has 1 heterocycles. The summed E-state index contributed by atoms with van der Waals surface area (Å²) in [5.41, 5.74) is -0.246. The first-order valence-electron chi connectivity index (χ1n) is 6.03. The highest BCUT2D eigenvalue weighted by Gasteiger charge is 2.29. The first-order chi connectivity index (χ1) is 9.32. The fraction of sp³-hybridized carbons (Fsp3) is 0.417. The fourth-order valence-corrected chi connectivity index (χ4v) is 3.76. The third kappa shape index (κ3) is 2.95. The Morgan fingerprint density at radius 2 is 1.90 bits per heavy atom. The van der Waals surface area contributed by atoms with E-state index in [1.807, 2.05) is 0 Å². The molecule has 0 aliphatic carbocycles. The van der Waals surface area contributed by atoms with Crippen LogP contribution in [0, 0.1) is 0 Å². The Hall–Kier alpha value is -1.15. The van der Waals surface area contributed by atoms with Gasteiger partial charge in [-0.1, -0.05) is 11.6 Å². The van der Waals surface area contributed by atoms with Crippen LogP contribution in [0.1, 0.15) is 23.2 Å². The Morgan fingerprint density at radius 3 is 2.45 bits per heavy atom. The lowest BCUT2D eigenvalue weighted by Crippen LogP contribution is -2.40. The zero-order chi connectivity index (χ0) is 14.9. The molecule has 2 rings (SSSR count). The number of aliphatic hydroxyl groups excluding tert-OH is 1. The zero-order valence-corrected chi connectivity index (χ0v) is 12.1. The van der Waals surface area contributed by atoms with Gasteiger partial charge in [0.25, 0.3) is 0 Å². The third-order valence-corrected chi connectivity index (χ3v) is 5.45. The summed E-state index contributed by atoms with van der Waals surface area (Å²) in [7, 11) is -3.76. The molecular weight excluding hydrogens is 306 g/mol. The van der Waals surface area contributed by atoms with Crippen LogP contribution in [0.4, 0.5) is 0 Å². The van der Waals surface area contributed by atoms with E-state index in [1.54, 1.807) is 0 Å². The first kappa shape index (κ1) is 15.2. The number of carbonyl (C=O) groups is 1. The Balaban J connectivity index is 2.35. The van der Waals surface area contributed by atoms with Crippen LogP contribution in [0.5, 0.6) is 0 Å². The van der Waals surface area contributed by atoms with Crippen LogP contribution in [0.15, 0.2) is 23.1 Å². The molecule has 1 aliphatic rings. The molecule has 1 saturated heterocycles. The second kappa shape index (κ2) is 5.69. The molecule has 2 N–H and O–H groups in total. The summed E-state index contributed by atoms with van der Waals surface area (Å²) in [5, 5.41) is 18.4. The van der Waals surface area contributed by atoms with Crippen LogP contribution in [-0.4, -0.2) is 48.1 Å². The van der Waals surface area contributed by atoms with E-state index >= 15 is 0 Å². The van der Waals surface area contributed by atoms with Gasteiger partial charge in [0, 0.05) is 13.1 Å². The second-order valence-electron chi connectivity index (χ2n) is 4.58. The molecule has 1 aromatic carbocycles. The van der Waals surface area contributed by atoms with E-state index in [2.05, 4.69) is 0 Å². The monoisotopic (exact) mass is 319 g/mol. The number of hydrogen-bond acceptors (Lipinski definition) is 4. The normalized spacial score (nSPS) is 18.1. The van der Waals surface area contributed by atoms with Gasteiger partial charge in [-0.15, -0.1) is 0 Å². The summed E-state index contributed by atoms with van der Waals surface area (Å²) >= 11 is 5.72. The van der Waals surface area contributed by atoms with Crippen molar-refractivity contribution in [2.24, 2.45) is 0 Å². The average Bonchev–Trinajstić information content (AvgIpc) is 2.39. The van der Waals surface area contributed by atoms with E-state index < -0.39 is 22.1 Å². The van der Waals surface area contributed by atoms with Crippen LogP contribution in [0.3, 0.4) is 0 Å². The van der Waals surface area contributed by atoms with Gasteiger partial charge in [-0.2, -0.15) is 4.31 Å². The summed E-state index contributed by atoms with van der Waals surface area (Å²) in [4.78, 5) is 10.9. The van der Waals surface area contributed by atoms with E-state index in [0.717, 1.165) is 6.07 Å². The van der Waals surface area contributed by atoms with Gasteiger partial charge in [0.15, 0.2) is 0 Å². The number of piperidine rings is 1. The number of halogens is 1. The highest BCUT2D eigenvalue weighted by atomic mass is 35.5. The predicted octanol–water partition coefficient (Wildman–Crippen LogP) is 1.18. The molecule has 0 unspecified atom stereocenters. The Kier molecular flexibility index (Phi) is 4.33. The number of sulfonamides is 1. The van der Waals surface area contributed by atoms with Crippen LogP contribution < -0.4 is 0 Å². The molecule has 1 aromatic rings. The predicted molar refractivity (Wildman–Crippen MR) is 72.4 cm³/mol. The standard InChI is InChI=1S/C12H14ClNO5S/c13-11-2-1-9(7-10(11)12(16)17)20(18,19)14-5-3-8(15)4-6-14/h1-2,7-8,15H,3-6H2,(H,16,17). The van der Waals surface area contributed by atoms with Crippen molar-refractivity contribution in [3.05, 3.63) is 28.8 Å². The molecule has 0 aromatic heterocycles. The van der Waals surface area contributed by atoms with Crippen molar-refractivity contribution in [3.8, 4) is 0 Å². The Bertz CT molecular complexity index is 623. The maximum Gasteiger partial charge on any atom is 0.337 e. The minimum atomic E-state index is -3.76. The molecule has 1 fully saturated rings. The smallest absolute Gasteiger partial charge is 0.337 e. The molecule has 0 amide bonds. The van der Waals surface area contributed by atoms with Crippen molar-refractivity contribution in [2.45, 2.75) is 23.8 Å². The molecule has 0 saturated carbocycles. The van der Waals surface area contributed by atoms with E-state index in [-0.39, 0.29) is 28.6 Å². The number of aromatic carboxylic acids is 1. The highest BCUT2D eigenvalue weighted by Crippen LogP contribution is 2.25. The minimum absolute atomic E-state index is 0.00878. The van der Waals surface area contributed by atoms with Crippen LogP contribution in [0.2, 0.25) is 5.02 Å². The largest absolute Gasteiger partial charge is 0.478 e. The number of hydrogen-bond donors (Lipinski definition) is 2. The number of carboxylic acids is 1. The van der Waals surface area contributed by atoms with E-state index in [0.29, 0.717) is 12.8 Å². The van der Waals surface area contributed by atoms with Crippen molar-refractivity contribution in [1.29, 1.82) is 0 Å². The lowest BCUT2D eigenvalue weighted by atomic mass is 10.1. The summed E-state index contributed by atoms with van der Waals surface area (Å²) in [6.07, 6.45) is 0.262. The van der Waals surface area contributed by atoms with Gasteiger partial charge in [0.1, 0.15) is 0 Å². The van der Waals surface area contributed by atoms with Crippen molar-refractivity contribution < 1.29 is 23.4 Å². The average molecular weight is 320 g/mol. The lowest BCUT2D eigenvalue weighted by molar-refractivity contribution is 0.0697. The van der Waals surface area contributed by atoms with Crippen molar-refractivity contribution in [1.82, 2.24) is 4.31 Å². The fourth-order valence-electron chi connectivity index (χ4n) is 2.06.